The molecule has 2 heterocycles. The molecule has 0 radical (unpaired) electrons. The molecule has 0 spiro atoms. The summed E-state index contributed by atoms with van der Waals surface area (Å²) in [5, 5.41) is 7.69. The van der Waals surface area contributed by atoms with E-state index in [2.05, 4.69) is 15.4 Å². The normalized spacial score (nSPS) is 11.0. The van der Waals surface area contributed by atoms with E-state index >= 15 is 0 Å². The molecule has 2 aromatic heterocycles. The number of aryl methyl sites for hydroxylation is 3. The minimum absolute atomic E-state index is 0.145. The van der Waals surface area contributed by atoms with Crippen LogP contribution in [0.3, 0.4) is 0 Å². The number of carbonyl (C=O) groups excluding carboxylic acids is 1. The quantitative estimate of drug-likeness (QED) is 0.555. The molecule has 7 nitrogen and oxygen atoms in total. The van der Waals surface area contributed by atoms with Crippen LogP contribution in [-0.4, -0.2) is 25.2 Å². The maximum absolute atomic E-state index is 13.0. The second-order valence-electron chi connectivity index (χ2n) is 7.36. The minimum Gasteiger partial charge on any atom is -0.326 e. The van der Waals surface area contributed by atoms with E-state index in [-0.39, 0.29) is 24.4 Å². The lowest BCUT2D eigenvalue weighted by Gasteiger charge is -2.12. The highest BCUT2D eigenvalue weighted by Gasteiger charge is 2.15. The largest absolute Gasteiger partial charge is 0.326 e. The highest BCUT2D eigenvalue weighted by atomic mass is 16.2. The number of nitrogens with zero attached hydrogens (tertiary/aromatic N) is 4. The van der Waals surface area contributed by atoms with Gasteiger partial charge in [0.25, 0.3) is 5.56 Å². The molecular formula is C23H23N5O2. The summed E-state index contributed by atoms with van der Waals surface area (Å²) >= 11 is 0. The molecule has 0 aliphatic heterocycles. The third-order valence-corrected chi connectivity index (χ3v) is 5.10. The Kier molecular flexibility index (Phi) is 5.18. The molecule has 7 heteroatoms. The second-order valence-corrected chi connectivity index (χ2v) is 7.36. The lowest BCUT2D eigenvalue weighted by atomic mass is 10.1. The van der Waals surface area contributed by atoms with Gasteiger partial charge >= 0.3 is 0 Å². The van der Waals surface area contributed by atoms with Crippen LogP contribution in [0.15, 0.2) is 59.5 Å². The van der Waals surface area contributed by atoms with Crippen molar-refractivity contribution >= 4 is 22.6 Å². The summed E-state index contributed by atoms with van der Waals surface area (Å²) in [4.78, 5) is 30.0. The molecule has 0 unspecified atom stereocenters. The van der Waals surface area contributed by atoms with Gasteiger partial charge in [-0.2, -0.15) is 5.10 Å². The van der Waals surface area contributed by atoms with Crippen LogP contribution in [0.1, 0.15) is 23.4 Å². The third kappa shape index (κ3) is 3.74. The number of benzene rings is 2. The zero-order valence-electron chi connectivity index (χ0n) is 17.2. The molecule has 0 saturated carbocycles. The molecule has 0 saturated heterocycles. The van der Waals surface area contributed by atoms with Gasteiger partial charge in [-0.05, 0) is 44.5 Å². The highest BCUT2D eigenvalue weighted by molar-refractivity contribution is 5.91. The van der Waals surface area contributed by atoms with Crippen LogP contribution in [0.4, 0.5) is 5.69 Å². The van der Waals surface area contributed by atoms with Crippen LogP contribution < -0.4 is 10.9 Å². The summed E-state index contributed by atoms with van der Waals surface area (Å²) in [5.74, 6) is 0.401. The molecule has 4 aromatic rings. The summed E-state index contributed by atoms with van der Waals surface area (Å²) in [6, 6.07) is 15.4. The zero-order valence-corrected chi connectivity index (χ0v) is 17.2. The molecule has 0 aliphatic rings. The number of fused-ring (bicyclic) bond motifs is 1. The van der Waals surface area contributed by atoms with Gasteiger partial charge in [-0.15, -0.1) is 0 Å². The fourth-order valence-corrected chi connectivity index (χ4v) is 3.51. The maximum atomic E-state index is 13.0. The van der Waals surface area contributed by atoms with Crippen LogP contribution in [0.5, 0.6) is 0 Å². The summed E-state index contributed by atoms with van der Waals surface area (Å²) in [5.41, 5.74) is 4.09. The van der Waals surface area contributed by atoms with Crippen LogP contribution in [-0.2, 0) is 11.3 Å². The van der Waals surface area contributed by atoms with Gasteiger partial charge in [-0.1, -0.05) is 35.9 Å². The van der Waals surface area contributed by atoms with Crippen molar-refractivity contribution in [1.82, 2.24) is 19.3 Å². The molecule has 152 valence electrons. The Morgan fingerprint density at radius 3 is 2.57 bits per heavy atom. The molecule has 0 bridgehead atoms. The Bertz CT molecular complexity index is 1290. The predicted octanol–water partition coefficient (Wildman–Crippen LogP) is 3.54. The fourth-order valence-electron chi connectivity index (χ4n) is 3.51. The first-order valence-electron chi connectivity index (χ1n) is 9.82. The average Bonchev–Trinajstić information content (AvgIpc) is 3.14. The predicted molar refractivity (Wildman–Crippen MR) is 117 cm³/mol. The molecule has 0 atom stereocenters. The van der Waals surface area contributed by atoms with Gasteiger partial charge in [0, 0.05) is 18.7 Å². The van der Waals surface area contributed by atoms with Gasteiger partial charge in [-0.25, -0.2) is 9.67 Å². The van der Waals surface area contributed by atoms with E-state index in [1.54, 1.807) is 11.6 Å². The Balaban J connectivity index is 1.56. The minimum atomic E-state index is -0.195. The van der Waals surface area contributed by atoms with Crippen molar-refractivity contribution in [1.29, 1.82) is 0 Å². The van der Waals surface area contributed by atoms with Gasteiger partial charge < -0.3 is 5.32 Å². The number of amides is 1. The Labute approximate surface area is 174 Å². The Hall–Kier alpha value is -3.74. The van der Waals surface area contributed by atoms with E-state index < -0.39 is 0 Å². The lowest BCUT2D eigenvalue weighted by Crippen LogP contribution is -2.26. The zero-order chi connectivity index (χ0) is 21.3. The molecule has 1 N–H and O–H groups in total. The number of hydrogen-bond acceptors (Lipinski definition) is 4. The van der Waals surface area contributed by atoms with E-state index in [1.807, 2.05) is 62.4 Å². The van der Waals surface area contributed by atoms with Crippen molar-refractivity contribution in [2.45, 2.75) is 33.7 Å². The Morgan fingerprint density at radius 2 is 1.83 bits per heavy atom. The number of hydrogen-bond donors (Lipinski definition) is 1. The summed E-state index contributed by atoms with van der Waals surface area (Å²) in [6.07, 6.45) is 1.71. The second kappa shape index (κ2) is 7.94. The number of anilines is 1. The standard InChI is InChI=1S/C23H23N5O2/c1-15-9-10-20(16(2)13-15)26-21(29)11-12-27-17(3)25-22-19(23(27)30)14-24-28(22)18-7-5-4-6-8-18/h4-10,13-14H,11-12H2,1-3H3,(H,26,29). The van der Waals surface area contributed by atoms with Crippen LogP contribution in [0.25, 0.3) is 16.7 Å². The van der Waals surface area contributed by atoms with Crippen molar-refractivity contribution in [3.8, 4) is 5.69 Å². The highest BCUT2D eigenvalue weighted by Crippen LogP contribution is 2.17. The van der Waals surface area contributed by atoms with Gasteiger partial charge in [0.05, 0.1) is 11.9 Å². The third-order valence-electron chi connectivity index (χ3n) is 5.10. The monoisotopic (exact) mass is 401 g/mol. The van der Waals surface area contributed by atoms with Gasteiger partial charge in [0.15, 0.2) is 5.65 Å². The van der Waals surface area contributed by atoms with Gasteiger partial charge in [0.2, 0.25) is 5.91 Å². The molecule has 4 rings (SSSR count). The number of carbonyl (C=O) groups is 1. The van der Waals surface area contributed by atoms with Gasteiger partial charge in [-0.3, -0.25) is 14.2 Å². The van der Waals surface area contributed by atoms with Crippen LogP contribution >= 0.6 is 0 Å². The summed E-state index contributed by atoms with van der Waals surface area (Å²) in [7, 11) is 0. The van der Waals surface area contributed by atoms with Crippen LogP contribution in [0.2, 0.25) is 0 Å². The maximum Gasteiger partial charge on any atom is 0.264 e. The van der Waals surface area contributed by atoms with E-state index in [4.69, 9.17) is 0 Å². The first kappa shape index (κ1) is 19.6. The lowest BCUT2D eigenvalue weighted by molar-refractivity contribution is -0.116. The van der Waals surface area contributed by atoms with E-state index in [9.17, 15) is 9.59 Å². The molecule has 2 aromatic carbocycles. The molecule has 30 heavy (non-hydrogen) atoms. The van der Waals surface area contributed by atoms with Crippen molar-refractivity contribution < 1.29 is 4.79 Å². The molecular weight excluding hydrogens is 378 g/mol. The number of aromatic nitrogens is 4. The fraction of sp³-hybridized carbons (Fsp3) is 0.217. The number of rotatable bonds is 5. The summed E-state index contributed by atoms with van der Waals surface area (Å²) < 4.78 is 3.18. The molecule has 1 amide bonds. The topological polar surface area (TPSA) is 81.8 Å². The first-order valence-corrected chi connectivity index (χ1v) is 9.82. The van der Waals surface area contributed by atoms with Crippen LogP contribution in [0, 0.1) is 20.8 Å². The number of nitrogens with one attached hydrogen (secondary N) is 1. The molecule has 0 fully saturated rings. The van der Waals surface area contributed by atoms with E-state index in [0.717, 1.165) is 22.5 Å². The SMILES string of the molecule is Cc1ccc(NC(=O)CCn2c(C)nc3c(cnn3-c3ccccc3)c2=O)c(C)c1. The van der Waals surface area contributed by atoms with Crippen molar-refractivity contribution in [3.05, 3.63) is 82.0 Å². The average molecular weight is 401 g/mol. The first-order chi connectivity index (χ1) is 14.4. The Morgan fingerprint density at radius 1 is 1.07 bits per heavy atom. The number of para-hydroxylation sites is 1. The smallest absolute Gasteiger partial charge is 0.264 e. The van der Waals surface area contributed by atoms with Crippen molar-refractivity contribution in [2.75, 3.05) is 5.32 Å². The van der Waals surface area contributed by atoms with Gasteiger partial charge in [0.1, 0.15) is 11.2 Å². The summed E-state index contributed by atoms with van der Waals surface area (Å²) in [6.45, 7) is 5.99. The molecule has 0 aliphatic carbocycles. The van der Waals surface area contributed by atoms with E-state index in [1.165, 1.54) is 10.8 Å². The van der Waals surface area contributed by atoms with Crippen molar-refractivity contribution in [2.24, 2.45) is 0 Å². The van der Waals surface area contributed by atoms with E-state index in [0.29, 0.717) is 16.9 Å². The van der Waals surface area contributed by atoms with Crippen molar-refractivity contribution in [3.63, 3.8) is 0 Å².